The SMILES string of the molecule is CO/N=C\c1c(O)n(C)c(=O)n(C)c1=O. The monoisotopic (exact) mass is 213 g/mol. The minimum atomic E-state index is -0.628. The first-order valence-electron chi connectivity index (χ1n) is 4.06. The number of hydrogen-bond acceptors (Lipinski definition) is 5. The van der Waals surface area contributed by atoms with E-state index in [0.29, 0.717) is 0 Å². The zero-order valence-corrected chi connectivity index (χ0v) is 8.59. The van der Waals surface area contributed by atoms with Gasteiger partial charge in [-0.2, -0.15) is 0 Å². The van der Waals surface area contributed by atoms with E-state index in [1.807, 2.05) is 0 Å². The molecule has 0 saturated heterocycles. The lowest BCUT2D eigenvalue weighted by atomic mass is 10.3. The molecule has 0 spiro atoms. The van der Waals surface area contributed by atoms with Gasteiger partial charge in [0.15, 0.2) is 0 Å². The van der Waals surface area contributed by atoms with Crippen molar-refractivity contribution in [2.75, 3.05) is 7.11 Å². The highest BCUT2D eigenvalue weighted by atomic mass is 16.6. The molecule has 0 aromatic carbocycles. The van der Waals surface area contributed by atoms with Crippen LogP contribution >= 0.6 is 0 Å². The van der Waals surface area contributed by atoms with E-state index < -0.39 is 17.1 Å². The molecule has 7 heteroatoms. The van der Waals surface area contributed by atoms with Crippen LogP contribution < -0.4 is 11.2 Å². The molecule has 1 aromatic heterocycles. The predicted octanol–water partition coefficient (Wildman–Crippen LogP) is -1.23. The number of nitrogens with zero attached hydrogens (tertiary/aromatic N) is 3. The van der Waals surface area contributed by atoms with Crippen molar-refractivity contribution in [1.29, 1.82) is 0 Å². The Labute approximate surface area is 84.8 Å². The van der Waals surface area contributed by atoms with E-state index in [2.05, 4.69) is 9.99 Å². The van der Waals surface area contributed by atoms with Gasteiger partial charge in [0.2, 0.25) is 5.88 Å². The van der Waals surface area contributed by atoms with Crippen LogP contribution in [0, 0.1) is 0 Å². The Morgan fingerprint density at radius 2 is 1.93 bits per heavy atom. The van der Waals surface area contributed by atoms with E-state index in [4.69, 9.17) is 0 Å². The Morgan fingerprint density at radius 3 is 2.47 bits per heavy atom. The van der Waals surface area contributed by atoms with E-state index in [1.54, 1.807) is 0 Å². The molecule has 1 heterocycles. The summed E-state index contributed by atoms with van der Waals surface area (Å²) in [6, 6.07) is 0. The fourth-order valence-electron chi connectivity index (χ4n) is 1.08. The van der Waals surface area contributed by atoms with Crippen LogP contribution in [0.2, 0.25) is 0 Å². The molecular weight excluding hydrogens is 202 g/mol. The molecule has 0 aliphatic rings. The molecule has 0 unspecified atom stereocenters. The van der Waals surface area contributed by atoms with Gasteiger partial charge in [-0.15, -0.1) is 0 Å². The third-order valence-electron chi connectivity index (χ3n) is 1.95. The lowest BCUT2D eigenvalue weighted by Crippen LogP contribution is -2.38. The Hall–Kier alpha value is -2.05. The summed E-state index contributed by atoms with van der Waals surface area (Å²) in [7, 11) is 3.97. The molecule has 1 aromatic rings. The lowest BCUT2D eigenvalue weighted by Gasteiger charge is -2.06. The highest BCUT2D eigenvalue weighted by Gasteiger charge is 2.12. The molecule has 0 amide bonds. The molecule has 0 atom stereocenters. The smallest absolute Gasteiger partial charge is 0.333 e. The molecule has 15 heavy (non-hydrogen) atoms. The van der Waals surface area contributed by atoms with E-state index in [1.165, 1.54) is 21.2 Å². The van der Waals surface area contributed by atoms with Crippen LogP contribution in [0.25, 0.3) is 0 Å². The molecule has 1 N–H and O–H groups in total. The van der Waals surface area contributed by atoms with Crippen LogP contribution in [-0.4, -0.2) is 27.6 Å². The fourth-order valence-corrected chi connectivity index (χ4v) is 1.08. The maximum atomic E-state index is 11.5. The van der Waals surface area contributed by atoms with Crippen LogP contribution in [0.1, 0.15) is 5.56 Å². The second-order valence-electron chi connectivity index (χ2n) is 2.86. The average Bonchev–Trinajstić information content (AvgIpc) is 2.24. The van der Waals surface area contributed by atoms with Crippen molar-refractivity contribution in [2.45, 2.75) is 0 Å². The third-order valence-corrected chi connectivity index (χ3v) is 1.95. The van der Waals surface area contributed by atoms with Crippen LogP contribution in [-0.2, 0) is 18.9 Å². The molecule has 82 valence electrons. The number of aromatic nitrogens is 2. The molecule has 0 bridgehead atoms. The van der Waals surface area contributed by atoms with Gasteiger partial charge in [0.1, 0.15) is 12.7 Å². The van der Waals surface area contributed by atoms with Gasteiger partial charge in [-0.25, -0.2) is 4.79 Å². The molecule has 0 aliphatic carbocycles. The first kappa shape index (κ1) is 11.0. The lowest BCUT2D eigenvalue weighted by molar-refractivity contribution is 0.215. The summed E-state index contributed by atoms with van der Waals surface area (Å²) in [6.07, 6.45) is 1.05. The van der Waals surface area contributed by atoms with Gasteiger partial charge in [-0.05, 0) is 0 Å². The van der Waals surface area contributed by atoms with Crippen LogP contribution in [0.15, 0.2) is 14.7 Å². The Morgan fingerprint density at radius 1 is 1.33 bits per heavy atom. The van der Waals surface area contributed by atoms with Gasteiger partial charge in [-0.3, -0.25) is 13.9 Å². The van der Waals surface area contributed by atoms with E-state index in [9.17, 15) is 14.7 Å². The van der Waals surface area contributed by atoms with E-state index >= 15 is 0 Å². The van der Waals surface area contributed by atoms with Gasteiger partial charge in [0.05, 0.1) is 6.21 Å². The Kier molecular flexibility index (Phi) is 2.93. The van der Waals surface area contributed by atoms with Crippen molar-refractivity contribution in [3.05, 3.63) is 26.4 Å². The Bertz CT molecular complexity index is 512. The number of rotatable bonds is 2. The minimum absolute atomic E-state index is 0.0959. The average molecular weight is 213 g/mol. The van der Waals surface area contributed by atoms with Gasteiger partial charge in [0.25, 0.3) is 5.56 Å². The topological polar surface area (TPSA) is 85.8 Å². The number of hydrogen-bond donors (Lipinski definition) is 1. The zero-order valence-electron chi connectivity index (χ0n) is 8.59. The minimum Gasteiger partial charge on any atom is -0.494 e. The maximum absolute atomic E-state index is 11.5. The highest BCUT2D eigenvalue weighted by Crippen LogP contribution is 2.05. The second-order valence-corrected chi connectivity index (χ2v) is 2.86. The van der Waals surface area contributed by atoms with Gasteiger partial charge < -0.3 is 9.94 Å². The van der Waals surface area contributed by atoms with E-state index in [-0.39, 0.29) is 5.56 Å². The van der Waals surface area contributed by atoms with Crippen molar-refractivity contribution in [2.24, 2.45) is 19.3 Å². The quantitative estimate of drug-likeness (QED) is 0.492. The molecule has 0 fully saturated rings. The molecule has 0 radical (unpaired) electrons. The summed E-state index contributed by atoms with van der Waals surface area (Å²) in [6.45, 7) is 0. The summed E-state index contributed by atoms with van der Waals surface area (Å²) in [5.41, 5.74) is -1.33. The largest absolute Gasteiger partial charge is 0.494 e. The first-order valence-corrected chi connectivity index (χ1v) is 4.06. The maximum Gasteiger partial charge on any atom is 0.333 e. The number of aromatic hydroxyl groups is 1. The summed E-state index contributed by atoms with van der Waals surface area (Å²) >= 11 is 0. The first-order chi connectivity index (χ1) is 7.00. The van der Waals surface area contributed by atoms with Gasteiger partial charge >= 0.3 is 5.69 Å². The molecule has 7 nitrogen and oxygen atoms in total. The van der Waals surface area contributed by atoms with Crippen LogP contribution in [0.3, 0.4) is 0 Å². The second kappa shape index (κ2) is 3.99. The summed E-state index contributed by atoms with van der Waals surface area (Å²) in [5, 5.41) is 12.9. The summed E-state index contributed by atoms with van der Waals surface area (Å²) < 4.78 is 1.81. The third kappa shape index (κ3) is 1.76. The Balaban J connectivity index is 3.60. The van der Waals surface area contributed by atoms with Crippen LogP contribution in [0.5, 0.6) is 5.88 Å². The van der Waals surface area contributed by atoms with Crippen molar-refractivity contribution in [3.8, 4) is 5.88 Å². The fraction of sp³-hybridized carbons (Fsp3) is 0.375. The van der Waals surface area contributed by atoms with Crippen molar-refractivity contribution in [1.82, 2.24) is 9.13 Å². The van der Waals surface area contributed by atoms with Crippen molar-refractivity contribution < 1.29 is 9.94 Å². The molecule has 0 saturated carbocycles. The zero-order chi connectivity index (χ0) is 11.6. The molecule has 1 rings (SSSR count). The summed E-state index contributed by atoms with van der Waals surface area (Å²) in [4.78, 5) is 27.2. The van der Waals surface area contributed by atoms with Gasteiger partial charge in [0, 0.05) is 14.1 Å². The standard InChI is InChI=1S/C8H11N3O4/c1-10-6(12)5(4-9-15-3)7(13)11(2)8(10)14/h4,12H,1-3H3/b9-4-. The van der Waals surface area contributed by atoms with Gasteiger partial charge in [-0.1, -0.05) is 5.16 Å². The van der Waals surface area contributed by atoms with E-state index in [0.717, 1.165) is 15.3 Å². The highest BCUT2D eigenvalue weighted by molar-refractivity contribution is 5.81. The van der Waals surface area contributed by atoms with Crippen molar-refractivity contribution in [3.63, 3.8) is 0 Å². The normalized spacial score (nSPS) is 10.9. The van der Waals surface area contributed by atoms with Crippen LogP contribution in [0.4, 0.5) is 0 Å². The predicted molar refractivity (Wildman–Crippen MR) is 53.2 cm³/mol. The summed E-state index contributed by atoms with van der Waals surface area (Å²) in [5.74, 6) is -0.441. The van der Waals surface area contributed by atoms with Crippen molar-refractivity contribution >= 4 is 6.21 Å². The number of oxime groups is 1. The molecular formula is C8H11N3O4. The molecule has 0 aliphatic heterocycles.